The van der Waals surface area contributed by atoms with E-state index in [0.717, 1.165) is 37.3 Å². The van der Waals surface area contributed by atoms with E-state index in [-0.39, 0.29) is 48.5 Å². The minimum absolute atomic E-state index is 0.0142. The molecule has 1 unspecified atom stereocenters. The zero-order valence-corrected chi connectivity index (χ0v) is 25.9. The minimum atomic E-state index is -0.418. The summed E-state index contributed by atoms with van der Waals surface area (Å²) in [4.78, 5) is 37.1. The number of carbonyl (C=O) groups is 2. The van der Waals surface area contributed by atoms with Crippen molar-refractivity contribution < 1.29 is 28.2 Å². The van der Waals surface area contributed by atoms with Crippen LogP contribution >= 0.6 is 0 Å². The van der Waals surface area contributed by atoms with Gasteiger partial charge in [-0.15, -0.1) is 0 Å². The summed E-state index contributed by atoms with van der Waals surface area (Å²) >= 11 is 0. The zero-order valence-electron chi connectivity index (χ0n) is 25.9. The number of hydrogen-bond acceptors (Lipinski definition) is 9. The molecule has 2 saturated heterocycles. The number of ether oxygens (including phenoxy) is 3. The Morgan fingerprint density at radius 2 is 1.98 bits per heavy atom. The lowest BCUT2D eigenvalue weighted by Crippen LogP contribution is -2.64. The van der Waals surface area contributed by atoms with Crippen LogP contribution in [0.25, 0.3) is 0 Å². The van der Waals surface area contributed by atoms with Crippen molar-refractivity contribution in [2.45, 2.75) is 71.3 Å². The summed E-state index contributed by atoms with van der Waals surface area (Å²) in [5.74, 6) is -0.403. The highest BCUT2D eigenvalue weighted by atomic mass is 19.1. The van der Waals surface area contributed by atoms with Gasteiger partial charge in [-0.3, -0.25) is 19.4 Å². The lowest BCUT2D eigenvalue weighted by Gasteiger charge is -2.47. The molecule has 234 valence electrons. The Bertz CT molecular complexity index is 1310. The molecule has 3 aliphatic heterocycles. The molecule has 1 aromatic carbocycles. The number of hydrogen-bond donors (Lipinski definition) is 1. The average molecular weight is 598 g/mol. The number of morpholine rings is 1. The van der Waals surface area contributed by atoms with E-state index >= 15 is 0 Å². The predicted molar refractivity (Wildman–Crippen MR) is 161 cm³/mol. The van der Waals surface area contributed by atoms with Gasteiger partial charge in [0.2, 0.25) is 11.8 Å². The second kappa shape index (κ2) is 13.3. The highest BCUT2D eigenvalue weighted by Gasteiger charge is 2.38. The molecule has 1 amide bonds. The summed E-state index contributed by atoms with van der Waals surface area (Å²) in [6.45, 7) is 15.1. The standard InChI is InChI=1S/C32H44FN5O5/c1-21-15-36(27(14-34-21)16-37-10-11-41-20-32(37,4)5)17-30(40)38-22(2)18-43-31-29(38)13-25(28(35-31)19-42-23(3)39)12-24-6-8-26(33)9-7-24/h6-9,13,21-22,27,34H,10-12,14-20H2,1-5H3/t21-,22?,27-/m1/s1. The fourth-order valence-electron chi connectivity index (χ4n) is 6.14. The second-order valence-corrected chi connectivity index (χ2v) is 12.6. The maximum atomic E-state index is 14.2. The third kappa shape index (κ3) is 7.52. The topological polar surface area (TPSA) is 96.5 Å². The Morgan fingerprint density at radius 1 is 1.21 bits per heavy atom. The van der Waals surface area contributed by atoms with Crippen molar-refractivity contribution in [3.8, 4) is 5.88 Å². The molecule has 1 N–H and O–H groups in total. The van der Waals surface area contributed by atoms with Crippen molar-refractivity contribution in [3.05, 3.63) is 53.0 Å². The van der Waals surface area contributed by atoms with Gasteiger partial charge < -0.3 is 24.4 Å². The Labute approximate surface area is 253 Å². The van der Waals surface area contributed by atoms with Crippen LogP contribution in [0, 0.1) is 5.82 Å². The number of nitrogens with one attached hydrogen (secondary N) is 1. The van der Waals surface area contributed by atoms with E-state index in [2.05, 4.69) is 35.9 Å². The summed E-state index contributed by atoms with van der Waals surface area (Å²) in [5, 5.41) is 3.60. The molecule has 3 atom stereocenters. The van der Waals surface area contributed by atoms with Gasteiger partial charge >= 0.3 is 5.97 Å². The summed E-state index contributed by atoms with van der Waals surface area (Å²) < 4.78 is 30.6. The Morgan fingerprint density at radius 3 is 2.70 bits per heavy atom. The van der Waals surface area contributed by atoms with Crippen molar-refractivity contribution in [2.75, 3.05) is 57.4 Å². The van der Waals surface area contributed by atoms with Crippen molar-refractivity contribution in [2.24, 2.45) is 0 Å². The van der Waals surface area contributed by atoms with Gasteiger partial charge in [0.1, 0.15) is 24.7 Å². The molecule has 10 nitrogen and oxygen atoms in total. The first kappa shape index (κ1) is 31.3. The average Bonchev–Trinajstić information content (AvgIpc) is 2.95. The molecule has 0 radical (unpaired) electrons. The third-order valence-electron chi connectivity index (χ3n) is 8.60. The van der Waals surface area contributed by atoms with Gasteiger partial charge in [-0.25, -0.2) is 9.37 Å². The Balaban J connectivity index is 1.40. The summed E-state index contributed by atoms with van der Waals surface area (Å²) in [5.41, 5.74) is 2.74. The molecule has 0 bridgehead atoms. The van der Waals surface area contributed by atoms with Crippen LogP contribution in [0.1, 0.15) is 51.4 Å². The van der Waals surface area contributed by atoms with Gasteiger partial charge in [0.25, 0.3) is 0 Å². The van der Waals surface area contributed by atoms with E-state index in [1.165, 1.54) is 19.1 Å². The summed E-state index contributed by atoms with van der Waals surface area (Å²) in [6.07, 6.45) is 0.431. The molecule has 0 spiro atoms. The van der Waals surface area contributed by atoms with Crippen LogP contribution in [0.4, 0.5) is 10.1 Å². The molecule has 4 heterocycles. The molecule has 43 heavy (non-hydrogen) atoms. The van der Waals surface area contributed by atoms with Crippen molar-refractivity contribution in [1.29, 1.82) is 0 Å². The van der Waals surface area contributed by atoms with Crippen molar-refractivity contribution in [1.82, 2.24) is 20.1 Å². The Kier molecular flexibility index (Phi) is 9.65. The maximum Gasteiger partial charge on any atom is 0.303 e. The van der Waals surface area contributed by atoms with Gasteiger partial charge in [-0.1, -0.05) is 12.1 Å². The minimum Gasteiger partial charge on any atom is -0.474 e. The first-order valence-electron chi connectivity index (χ1n) is 15.2. The van der Waals surface area contributed by atoms with Gasteiger partial charge in [-0.05, 0) is 63.4 Å². The van der Waals surface area contributed by atoms with E-state index in [1.54, 1.807) is 17.0 Å². The van der Waals surface area contributed by atoms with Crippen molar-refractivity contribution in [3.63, 3.8) is 0 Å². The number of piperazine rings is 1. The van der Waals surface area contributed by atoms with Crippen LogP contribution in [0.15, 0.2) is 30.3 Å². The first-order chi connectivity index (χ1) is 20.5. The summed E-state index contributed by atoms with van der Waals surface area (Å²) in [7, 11) is 0. The first-order valence-corrected chi connectivity index (χ1v) is 15.2. The maximum absolute atomic E-state index is 14.2. The van der Waals surface area contributed by atoms with Crippen LogP contribution in [-0.4, -0.2) is 103 Å². The van der Waals surface area contributed by atoms with E-state index in [9.17, 15) is 14.0 Å². The van der Waals surface area contributed by atoms with Crippen LogP contribution < -0.4 is 15.0 Å². The molecule has 2 aromatic rings. The number of anilines is 1. The van der Waals surface area contributed by atoms with Gasteiger partial charge in [0.05, 0.1) is 31.5 Å². The number of esters is 1. The Hall–Kier alpha value is -3.12. The van der Waals surface area contributed by atoms with E-state index in [4.69, 9.17) is 19.2 Å². The van der Waals surface area contributed by atoms with Gasteiger partial charge in [-0.2, -0.15) is 0 Å². The number of benzene rings is 1. The van der Waals surface area contributed by atoms with Crippen molar-refractivity contribution >= 4 is 17.6 Å². The molecule has 5 rings (SSSR count). The van der Waals surface area contributed by atoms with Crippen LogP contribution in [0.3, 0.4) is 0 Å². The lowest BCUT2D eigenvalue weighted by molar-refractivity contribution is -0.142. The molecule has 0 aliphatic carbocycles. The van der Waals surface area contributed by atoms with Gasteiger partial charge in [0.15, 0.2) is 0 Å². The molecule has 2 fully saturated rings. The highest BCUT2D eigenvalue weighted by Crippen LogP contribution is 2.35. The third-order valence-corrected chi connectivity index (χ3v) is 8.60. The van der Waals surface area contributed by atoms with Gasteiger partial charge in [0, 0.05) is 50.7 Å². The molecular weight excluding hydrogens is 553 g/mol. The number of amides is 1. The molecule has 3 aliphatic rings. The van der Waals surface area contributed by atoms with Crippen LogP contribution in [-0.2, 0) is 32.1 Å². The fourth-order valence-corrected chi connectivity index (χ4v) is 6.14. The number of pyridine rings is 1. The lowest BCUT2D eigenvalue weighted by atomic mass is 10.00. The molecule has 11 heteroatoms. The number of aromatic nitrogens is 1. The molecule has 1 aromatic heterocycles. The quantitative estimate of drug-likeness (QED) is 0.461. The highest BCUT2D eigenvalue weighted by molar-refractivity contribution is 5.97. The van der Waals surface area contributed by atoms with E-state index in [0.29, 0.717) is 43.5 Å². The number of nitrogens with zero attached hydrogens (tertiary/aromatic N) is 4. The molecule has 0 saturated carbocycles. The number of fused-ring (bicyclic) bond motifs is 1. The van der Waals surface area contributed by atoms with E-state index in [1.807, 2.05) is 13.0 Å². The summed E-state index contributed by atoms with van der Waals surface area (Å²) in [6, 6.07) is 8.41. The second-order valence-electron chi connectivity index (χ2n) is 12.6. The fraction of sp³-hybridized carbons (Fsp3) is 0.594. The van der Waals surface area contributed by atoms with E-state index < -0.39 is 5.97 Å². The number of rotatable bonds is 8. The largest absolute Gasteiger partial charge is 0.474 e. The normalized spacial score (nSPS) is 24.2. The monoisotopic (exact) mass is 597 g/mol. The zero-order chi connectivity index (χ0) is 30.7. The predicted octanol–water partition coefficient (Wildman–Crippen LogP) is 2.76. The van der Waals surface area contributed by atoms with Crippen LogP contribution in [0.2, 0.25) is 0 Å². The molecular formula is C32H44FN5O5. The number of carbonyl (C=O) groups excluding carboxylic acids is 2. The SMILES string of the molecule is CC(=O)OCc1nc2c(cc1Cc1ccc(F)cc1)N(C(=O)CN1C[C@@H](C)NC[C@@H]1CN1CCOCC1(C)C)C(C)CO2. The van der Waals surface area contributed by atoms with Crippen LogP contribution in [0.5, 0.6) is 5.88 Å². The number of halogens is 1. The smallest absolute Gasteiger partial charge is 0.303 e.